The highest BCUT2D eigenvalue weighted by Crippen LogP contribution is 2.43. The molecule has 0 atom stereocenters. The second-order valence-corrected chi connectivity index (χ2v) is 10.4. The number of hydrogen-bond donors (Lipinski definition) is 2. The standard InChI is InChI=1S/C16H16Br2O6S2/c1-7-9(3)15(13(5-11(7)17)25(19,20)21)16-10(4)8(2)12(18)6-14(16)26(22,23)24/h5-6H,1-4H3,(H,19,20,21)(H,22,23,24). The van der Waals surface area contributed by atoms with Crippen molar-refractivity contribution in [3.05, 3.63) is 43.3 Å². The lowest BCUT2D eigenvalue weighted by molar-refractivity contribution is 0.480. The van der Waals surface area contributed by atoms with Gasteiger partial charge in [0.05, 0.1) is 0 Å². The smallest absolute Gasteiger partial charge is 0.282 e. The van der Waals surface area contributed by atoms with Gasteiger partial charge < -0.3 is 0 Å². The van der Waals surface area contributed by atoms with Crippen molar-refractivity contribution in [1.82, 2.24) is 0 Å². The lowest BCUT2D eigenvalue weighted by Gasteiger charge is -2.21. The summed E-state index contributed by atoms with van der Waals surface area (Å²) in [6.45, 7) is 6.69. The topological polar surface area (TPSA) is 109 Å². The first-order valence-electron chi connectivity index (χ1n) is 7.22. The maximum atomic E-state index is 12.0. The predicted molar refractivity (Wildman–Crippen MR) is 106 cm³/mol. The summed E-state index contributed by atoms with van der Waals surface area (Å²) in [6.07, 6.45) is 0. The van der Waals surface area contributed by atoms with Gasteiger partial charge in [0.15, 0.2) is 0 Å². The summed E-state index contributed by atoms with van der Waals surface area (Å²) < 4.78 is 68.2. The molecule has 0 amide bonds. The van der Waals surface area contributed by atoms with Crippen LogP contribution in [0.25, 0.3) is 11.1 Å². The maximum Gasteiger partial charge on any atom is 0.295 e. The van der Waals surface area contributed by atoms with Crippen LogP contribution in [-0.4, -0.2) is 25.9 Å². The van der Waals surface area contributed by atoms with E-state index in [1.165, 1.54) is 12.1 Å². The van der Waals surface area contributed by atoms with Crippen molar-refractivity contribution < 1.29 is 25.9 Å². The first kappa shape index (κ1) is 21.5. The van der Waals surface area contributed by atoms with E-state index in [4.69, 9.17) is 0 Å². The van der Waals surface area contributed by atoms with Crippen LogP contribution in [0.2, 0.25) is 0 Å². The van der Waals surface area contributed by atoms with Gasteiger partial charge in [0, 0.05) is 20.1 Å². The molecule has 26 heavy (non-hydrogen) atoms. The Balaban J connectivity index is 3.23. The van der Waals surface area contributed by atoms with Crippen molar-refractivity contribution in [1.29, 1.82) is 0 Å². The third-order valence-electron chi connectivity index (χ3n) is 4.41. The average Bonchev–Trinajstić information content (AvgIpc) is 2.49. The second-order valence-electron chi connectivity index (χ2n) is 5.91. The van der Waals surface area contributed by atoms with E-state index in [2.05, 4.69) is 31.9 Å². The fraction of sp³-hybridized carbons (Fsp3) is 0.250. The van der Waals surface area contributed by atoms with Crippen molar-refractivity contribution in [2.45, 2.75) is 37.5 Å². The molecule has 2 aromatic rings. The average molecular weight is 528 g/mol. The van der Waals surface area contributed by atoms with Gasteiger partial charge in [-0.2, -0.15) is 16.8 Å². The Kier molecular flexibility index (Phi) is 5.79. The van der Waals surface area contributed by atoms with Crippen molar-refractivity contribution in [2.75, 3.05) is 0 Å². The highest BCUT2D eigenvalue weighted by molar-refractivity contribution is 9.10. The molecule has 0 aromatic heterocycles. The monoisotopic (exact) mass is 526 g/mol. The quantitative estimate of drug-likeness (QED) is 0.564. The summed E-state index contributed by atoms with van der Waals surface area (Å²) in [6, 6.07) is 2.44. The molecule has 0 fully saturated rings. The lowest BCUT2D eigenvalue weighted by atomic mass is 9.92. The zero-order chi connectivity index (χ0) is 20.2. The Labute approximate surface area is 169 Å². The summed E-state index contributed by atoms with van der Waals surface area (Å²) in [7, 11) is -9.33. The molecular formula is C16H16Br2O6S2. The largest absolute Gasteiger partial charge is 0.295 e. The Bertz CT molecular complexity index is 1040. The van der Waals surface area contributed by atoms with Gasteiger partial charge in [-0.1, -0.05) is 31.9 Å². The van der Waals surface area contributed by atoms with E-state index in [0.717, 1.165) is 0 Å². The Morgan fingerprint density at radius 1 is 0.654 bits per heavy atom. The minimum absolute atomic E-state index is 0.0360. The van der Waals surface area contributed by atoms with Crippen molar-refractivity contribution >= 4 is 52.1 Å². The van der Waals surface area contributed by atoms with Crippen LogP contribution >= 0.6 is 31.9 Å². The van der Waals surface area contributed by atoms with Crippen LogP contribution in [0.3, 0.4) is 0 Å². The molecule has 0 heterocycles. The van der Waals surface area contributed by atoms with Gasteiger partial charge in [0.2, 0.25) is 0 Å². The molecule has 2 N–H and O–H groups in total. The van der Waals surface area contributed by atoms with Gasteiger partial charge in [-0.25, -0.2) is 0 Å². The SMILES string of the molecule is Cc1c(Br)cc(S(=O)(=O)O)c(-c2c(S(=O)(=O)O)cc(Br)c(C)c2C)c1C. The Morgan fingerprint density at radius 3 is 1.15 bits per heavy atom. The third-order valence-corrected chi connectivity index (χ3v) is 7.81. The molecule has 0 bridgehead atoms. The number of hydrogen-bond acceptors (Lipinski definition) is 4. The molecule has 0 unspecified atom stereocenters. The van der Waals surface area contributed by atoms with Gasteiger partial charge >= 0.3 is 0 Å². The highest BCUT2D eigenvalue weighted by Gasteiger charge is 2.29. The third kappa shape index (κ3) is 3.76. The van der Waals surface area contributed by atoms with Gasteiger partial charge in [-0.05, 0) is 62.1 Å². The Morgan fingerprint density at radius 2 is 0.923 bits per heavy atom. The van der Waals surface area contributed by atoms with E-state index >= 15 is 0 Å². The van der Waals surface area contributed by atoms with Gasteiger partial charge in [0.25, 0.3) is 20.2 Å². The van der Waals surface area contributed by atoms with Crippen LogP contribution in [0.5, 0.6) is 0 Å². The van der Waals surface area contributed by atoms with E-state index in [1.807, 2.05) is 0 Å². The first-order chi connectivity index (χ1) is 11.7. The highest BCUT2D eigenvalue weighted by atomic mass is 79.9. The molecule has 0 spiro atoms. The number of benzene rings is 2. The zero-order valence-electron chi connectivity index (χ0n) is 14.3. The molecule has 0 radical (unpaired) electrons. The van der Waals surface area contributed by atoms with Gasteiger partial charge in [-0.3, -0.25) is 9.11 Å². The predicted octanol–water partition coefficient (Wildman–Crippen LogP) is 4.61. The summed E-state index contributed by atoms with van der Waals surface area (Å²) >= 11 is 6.50. The van der Waals surface area contributed by atoms with Crippen molar-refractivity contribution in [3.8, 4) is 11.1 Å². The van der Waals surface area contributed by atoms with Crippen LogP contribution in [0.4, 0.5) is 0 Å². The molecule has 0 aliphatic carbocycles. The zero-order valence-corrected chi connectivity index (χ0v) is 19.1. The van der Waals surface area contributed by atoms with E-state index < -0.39 is 30.0 Å². The minimum atomic E-state index is -4.66. The molecule has 0 saturated carbocycles. The molecule has 0 saturated heterocycles. The van der Waals surface area contributed by atoms with Crippen molar-refractivity contribution in [3.63, 3.8) is 0 Å². The van der Waals surface area contributed by atoms with Crippen LogP contribution in [0, 0.1) is 27.7 Å². The molecule has 10 heteroatoms. The van der Waals surface area contributed by atoms with Gasteiger partial charge in [-0.15, -0.1) is 0 Å². The van der Waals surface area contributed by atoms with Crippen LogP contribution < -0.4 is 0 Å². The van der Waals surface area contributed by atoms with Crippen LogP contribution in [0.15, 0.2) is 30.9 Å². The minimum Gasteiger partial charge on any atom is -0.282 e. The number of rotatable bonds is 3. The number of halogens is 2. The molecule has 0 aliphatic rings. The van der Waals surface area contributed by atoms with Crippen molar-refractivity contribution in [2.24, 2.45) is 0 Å². The van der Waals surface area contributed by atoms with E-state index in [-0.39, 0.29) is 11.1 Å². The second kappa shape index (κ2) is 6.99. The molecule has 2 aromatic carbocycles. The summed E-state index contributed by atoms with van der Waals surface area (Å²) in [4.78, 5) is -0.885. The fourth-order valence-corrected chi connectivity index (χ4v) is 5.64. The van der Waals surface area contributed by atoms with Crippen LogP contribution in [0.1, 0.15) is 22.3 Å². The molecule has 6 nitrogen and oxygen atoms in total. The van der Waals surface area contributed by atoms with E-state index in [1.54, 1.807) is 27.7 Å². The van der Waals surface area contributed by atoms with E-state index in [9.17, 15) is 25.9 Å². The molecule has 142 valence electrons. The summed E-state index contributed by atoms with van der Waals surface area (Å²) in [5.41, 5.74) is 2.34. The molecular weight excluding hydrogens is 512 g/mol. The lowest BCUT2D eigenvalue weighted by Crippen LogP contribution is -2.10. The fourth-order valence-electron chi connectivity index (χ4n) is 2.72. The summed E-state index contributed by atoms with van der Waals surface area (Å²) in [5, 5.41) is 0. The maximum absolute atomic E-state index is 12.0. The van der Waals surface area contributed by atoms with Gasteiger partial charge in [0.1, 0.15) is 9.79 Å². The van der Waals surface area contributed by atoms with Crippen LogP contribution in [-0.2, 0) is 20.2 Å². The molecule has 0 aliphatic heterocycles. The Hall–Kier alpha value is -0.780. The normalized spacial score (nSPS) is 12.5. The summed E-state index contributed by atoms with van der Waals surface area (Å²) in [5.74, 6) is 0. The molecule has 2 rings (SSSR count). The first-order valence-corrected chi connectivity index (χ1v) is 11.7. The van der Waals surface area contributed by atoms with E-state index in [0.29, 0.717) is 31.2 Å².